The third-order valence-corrected chi connectivity index (χ3v) is 1.84. The normalized spacial score (nSPS) is 10.1. The van der Waals surface area contributed by atoms with Crippen molar-refractivity contribution in [2.24, 2.45) is 0 Å². The van der Waals surface area contributed by atoms with E-state index in [0.29, 0.717) is 12.2 Å². The second-order valence-corrected chi connectivity index (χ2v) is 3.14. The number of nitrogens with zero attached hydrogens (tertiary/aromatic N) is 1. The van der Waals surface area contributed by atoms with Crippen molar-refractivity contribution < 1.29 is 9.90 Å². The fourth-order valence-corrected chi connectivity index (χ4v) is 1.12. The minimum atomic E-state index is -0.0649. The summed E-state index contributed by atoms with van der Waals surface area (Å²) < 4.78 is 0. The van der Waals surface area contributed by atoms with E-state index < -0.39 is 0 Å². The Bertz CT molecular complexity index is 296. The predicted octanol–water partition coefficient (Wildman–Crippen LogP) is 1.63. The molecule has 0 fully saturated rings. The molecule has 1 aromatic heterocycles. The number of amides is 1. The largest absolute Gasteiger partial charge is 0.494 e. The summed E-state index contributed by atoms with van der Waals surface area (Å²) in [7, 11) is 0. The molecule has 0 saturated heterocycles. The van der Waals surface area contributed by atoms with Gasteiger partial charge in [-0.25, -0.2) is 5.10 Å². The number of carbonyl (C=O) groups excluding carboxylic acids is 1. The molecule has 0 unspecified atom stereocenters. The first kappa shape index (κ1) is 10.6. The number of aromatic nitrogens is 2. The number of nitrogens with one attached hydrogen (secondary N) is 2. The van der Waals surface area contributed by atoms with Crippen molar-refractivity contribution in [3.63, 3.8) is 0 Å². The van der Waals surface area contributed by atoms with Crippen LogP contribution in [0.2, 0.25) is 0 Å². The molecular weight excluding hydrogens is 182 g/mol. The minimum absolute atomic E-state index is 0.0474. The van der Waals surface area contributed by atoms with Crippen molar-refractivity contribution in [2.45, 2.75) is 32.6 Å². The van der Waals surface area contributed by atoms with E-state index in [0.717, 1.165) is 19.3 Å². The summed E-state index contributed by atoms with van der Waals surface area (Å²) in [5.74, 6) is 0.253. The van der Waals surface area contributed by atoms with E-state index in [1.165, 1.54) is 6.07 Å². The Morgan fingerprint density at radius 1 is 1.64 bits per heavy atom. The summed E-state index contributed by atoms with van der Waals surface area (Å²) in [6.45, 7) is 2.09. The number of anilines is 1. The van der Waals surface area contributed by atoms with Crippen molar-refractivity contribution in [1.29, 1.82) is 0 Å². The van der Waals surface area contributed by atoms with E-state index in [1.807, 2.05) is 0 Å². The Morgan fingerprint density at radius 2 is 2.43 bits per heavy atom. The predicted molar refractivity (Wildman–Crippen MR) is 53.0 cm³/mol. The first-order chi connectivity index (χ1) is 6.72. The molecule has 1 rings (SSSR count). The van der Waals surface area contributed by atoms with E-state index in [2.05, 4.69) is 22.4 Å². The van der Waals surface area contributed by atoms with Crippen molar-refractivity contribution in [3.8, 4) is 5.88 Å². The van der Waals surface area contributed by atoms with Gasteiger partial charge in [-0.1, -0.05) is 19.8 Å². The molecule has 14 heavy (non-hydrogen) atoms. The molecule has 0 bridgehead atoms. The van der Waals surface area contributed by atoms with Crippen LogP contribution < -0.4 is 5.32 Å². The van der Waals surface area contributed by atoms with Crippen LogP contribution in [-0.2, 0) is 4.79 Å². The lowest BCUT2D eigenvalue weighted by Crippen LogP contribution is -2.11. The molecule has 0 aliphatic carbocycles. The van der Waals surface area contributed by atoms with Crippen LogP contribution in [0.4, 0.5) is 5.82 Å². The lowest BCUT2D eigenvalue weighted by Gasteiger charge is -1.99. The maximum Gasteiger partial charge on any atom is 0.225 e. The van der Waals surface area contributed by atoms with Crippen molar-refractivity contribution in [1.82, 2.24) is 10.2 Å². The summed E-state index contributed by atoms with van der Waals surface area (Å²) >= 11 is 0. The highest BCUT2D eigenvalue weighted by Crippen LogP contribution is 2.10. The average molecular weight is 197 g/mol. The van der Waals surface area contributed by atoms with E-state index in [1.54, 1.807) is 0 Å². The summed E-state index contributed by atoms with van der Waals surface area (Å²) in [6.07, 6.45) is 3.54. The number of aromatic amines is 1. The fraction of sp³-hybridized carbons (Fsp3) is 0.556. The van der Waals surface area contributed by atoms with Crippen LogP contribution in [0.3, 0.4) is 0 Å². The minimum Gasteiger partial charge on any atom is -0.494 e. The Labute approximate surface area is 82.5 Å². The molecule has 3 N–H and O–H groups in total. The Kier molecular flexibility index (Phi) is 3.97. The first-order valence-electron chi connectivity index (χ1n) is 4.76. The zero-order chi connectivity index (χ0) is 10.4. The van der Waals surface area contributed by atoms with Gasteiger partial charge in [-0.05, 0) is 6.42 Å². The molecule has 0 saturated carbocycles. The highest BCUT2D eigenvalue weighted by atomic mass is 16.3. The molecule has 0 aromatic carbocycles. The van der Waals surface area contributed by atoms with E-state index >= 15 is 0 Å². The Balaban J connectivity index is 2.27. The van der Waals surface area contributed by atoms with Gasteiger partial charge in [0.15, 0.2) is 5.82 Å². The van der Waals surface area contributed by atoms with Gasteiger partial charge in [0.1, 0.15) is 0 Å². The molecule has 0 spiro atoms. The van der Waals surface area contributed by atoms with Gasteiger partial charge in [0.2, 0.25) is 11.8 Å². The highest BCUT2D eigenvalue weighted by Gasteiger charge is 2.04. The molecule has 0 aliphatic heterocycles. The maximum absolute atomic E-state index is 11.2. The summed E-state index contributed by atoms with van der Waals surface area (Å²) in [5, 5.41) is 17.5. The van der Waals surface area contributed by atoms with Crippen LogP contribution in [0.15, 0.2) is 6.07 Å². The van der Waals surface area contributed by atoms with E-state index in [-0.39, 0.29) is 11.8 Å². The third-order valence-electron chi connectivity index (χ3n) is 1.84. The molecule has 1 aromatic rings. The van der Waals surface area contributed by atoms with Crippen LogP contribution in [0.5, 0.6) is 5.88 Å². The topological polar surface area (TPSA) is 78.0 Å². The van der Waals surface area contributed by atoms with Gasteiger partial charge in [0.05, 0.1) is 0 Å². The third kappa shape index (κ3) is 3.47. The maximum atomic E-state index is 11.2. The van der Waals surface area contributed by atoms with Crippen LogP contribution >= 0.6 is 0 Å². The quantitative estimate of drug-likeness (QED) is 0.628. The molecule has 1 heterocycles. The SMILES string of the molecule is CCCCCC(=O)Nc1cc(O)[nH]n1. The molecule has 5 heteroatoms. The number of carbonyl (C=O) groups is 1. The molecule has 5 nitrogen and oxygen atoms in total. The van der Waals surface area contributed by atoms with E-state index in [9.17, 15) is 4.79 Å². The van der Waals surface area contributed by atoms with Gasteiger partial charge in [0, 0.05) is 12.5 Å². The van der Waals surface area contributed by atoms with Crippen LogP contribution in [0.1, 0.15) is 32.6 Å². The Morgan fingerprint density at radius 3 is 3.00 bits per heavy atom. The lowest BCUT2D eigenvalue weighted by molar-refractivity contribution is -0.116. The highest BCUT2D eigenvalue weighted by molar-refractivity contribution is 5.89. The van der Waals surface area contributed by atoms with Gasteiger partial charge in [-0.3, -0.25) is 4.79 Å². The van der Waals surface area contributed by atoms with Gasteiger partial charge in [-0.15, -0.1) is 0 Å². The summed E-state index contributed by atoms with van der Waals surface area (Å²) in [5.41, 5.74) is 0. The van der Waals surface area contributed by atoms with E-state index in [4.69, 9.17) is 5.11 Å². The monoisotopic (exact) mass is 197 g/mol. The first-order valence-corrected chi connectivity index (χ1v) is 4.76. The zero-order valence-corrected chi connectivity index (χ0v) is 8.21. The molecular formula is C9H15N3O2. The number of unbranched alkanes of at least 4 members (excludes halogenated alkanes) is 2. The summed E-state index contributed by atoms with van der Waals surface area (Å²) in [4.78, 5) is 11.2. The second kappa shape index (κ2) is 5.26. The van der Waals surface area contributed by atoms with Crippen LogP contribution in [0, 0.1) is 0 Å². The Hall–Kier alpha value is -1.52. The number of hydrogen-bond donors (Lipinski definition) is 3. The van der Waals surface area contributed by atoms with Gasteiger partial charge < -0.3 is 10.4 Å². The van der Waals surface area contributed by atoms with Crippen LogP contribution in [-0.4, -0.2) is 21.2 Å². The smallest absolute Gasteiger partial charge is 0.225 e. The van der Waals surface area contributed by atoms with Crippen LogP contribution in [0.25, 0.3) is 0 Å². The number of hydrogen-bond acceptors (Lipinski definition) is 3. The fourth-order valence-electron chi connectivity index (χ4n) is 1.12. The standard InChI is InChI=1S/C9H15N3O2/c1-2-3-4-5-8(13)10-7-6-9(14)12-11-7/h6H,2-5H2,1H3,(H3,10,11,12,13,14). The summed E-state index contributed by atoms with van der Waals surface area (Å²) in [6, 6.07) is 1.37. The van der Waals surface area contributed by atoms with Crippen molar-refractivity contribution in [2.75, 3.05) is 5.32 Å². The second-order valence-electron chi connectivity index (χ2n) is 3.14. The number of H-pyrrole nitrogens is 1. The molecule has 0 atom stereocenters. The molecule has 0 aliphatic rings. The molecule has 1 amide bonds. The molecule has 0 radical (unpaired) electrons. The van der Waals surface area contributed by atoms with Crippen molar-refractivity contribution >= 4 is 11.7 Å². The zero-order valence-electron chi connectivity index (χ0n) is 8.21. The number of aromatic hydroxyl groups is 1. The average Bonchev–Trinajstić information content (AvgIpc) is 2.52. The van der Waals surface area contributed by atoms with Gasteiger partial charge in [0.25, 0.3) is 0 Å². The molecule has 78 valence electrons. The van der Waals surface area contributed by atoms with Gasteiger partial charge >= 0.3 is 0 Å². The number of rotatable bonds is 5. The lowest BCUT2D eigenvalue weighted by atomic mass is 10.2. The van der Waals surface area contributed by atoms with Gasteiger partial charge in [-0.2, -0.15) is 5.10 Å². The van der Waals surface area contributed by atoms with Crippen molar-refractivity contribution in [3.05, 3.63) is 6.07 Å².